The first kappa shape index (κ1) is 17.2. The smallest absolute Gasteiger partial charge is 0.348 e. The lowest BCUT2D eigenvalue weighted by atomic mass is 9.90. The second-order valence-corrected chi connectivity index (χ2v) is 6.97. The maximum absolute atomic E-state index is 11.9. The van der Waals surface area contributed by atoms with Crippen LogP contribution in [-0.2, 0) is 9.53 Å². The summed E-state index contributed by atoms with van der Waals surface area (Å²) in [5.41, 5.74) is 0.490. The maximum atomic E-state index is 11.9. The fourth-order valence-electron chi connectivity index (χ4n) is 3.54. The summed E-state index contributed by atoms with van der Waals surface area (Å²) in [5, 5.41) is 9.78. The van der Waals surface area contributed by atoms with Gasteiger partial charge in [-0.05, 0) is 38.3 Å². The molecule has 3 heterocycles. The van der Waals surface area contributed by atoms with Crippen LogP contribution >= 0.6 is 0 Å². The third kappa shape index (κ3) is 3.70. The Balaban J connectivity index is 1.65. The maximum Gasteiger partial charge on any atom is 0.348 e. The number of carboxylic acids is 1. The van der Waals surface area contributed by atoms with Crippen molar-refractivity contribution < 1.29 is 19.4 Å². The summed E-state index contributed by atoms with van der Waals surface area (Å²) in [6.07, 6.45) is 2.08. The number of ether oxygens (including phenoxy) is 2. The summed E-state index contributed by atoms with van der Waals surface area (Å²) in [4.78, 5) is 18.6. The van der Waals surface area contributed by atoms with Gasteiger partial charge in [0, 0.05) is 44.8 Å². The SMILES string of the molecule is Cc1ccc(OC2(C(=O)O)CCN(C[C@@H]3CCOC3)CC2)c(C)n1. The van der Waals surface area contributed by atoms with Crippen LogP contribution in [0.15, 0.2) is 12.1 Å². The van der Waals surface area contributed by atoms with Gasteiger partial charge in [-0.1, -0.05) is 0 Å². The van der Waals surface area contributed by atoms with E-state index in [4.69, 9.17) is 9.47 Å². The minimum absolute atomic E-state index is 0.489. The van der Waals surface area contributed by atoms with Gasteiger partial charge in [-0.3, -0.25) is 4.98 Å². The first-order valence-corrected chi connectivity index (χ1v) is 8.65. The number of hydrogen-bond donors (Lipinski definition) is 1. The van der Waals surface area contributed by atoms with Gasteiger partial charge >= 0.3 is 5.97 Å². The molecule has 2 aliphatic rings. The molecule has 0 amide bonds. The lowest BCUT2D eigenvalue weighted by Gasteiger charge is -2.39. The zero-order valence-electron chi connectivity index (χ0n) is 14.5. The molecule has 3 rings (SSSR count). The van der Waals surface area contributed by atoms with Gasteiger partial charge in [-0.15, -0.1) is 0 Å². The molecule has 1 aromatic heterocycles. The number of aryl methyl sites for hydroxylation is 2. The number of pyridine rings is 1. The molecule has 0 saturated carbocycles. The molecule has 2 aliphatic heterocycles. The number of piperidine rings is 1. The number of nitrogens with zero attached hydrogens (tertiary/aromatic N) is 2. The summed E-state index contributed by atoms with van der Waals surface area (Å²) >= 11 is 0. The van der Waals surface area contributed by atoms with Gasteiger partial charge in [0.05, 0.1) is 12.3 Å². The van der Waals surface area contributed by atoms with Crippen molar-refractivity contribution in [1.29, 1.82) is 0 Å². The van der Waals surface area contributed by atoms with Crippen molar-refractivity contribution in [3.05, 3.63) is 23.5 Å². The van der Waals surface area contributed by atoms with Crippen molar-refractivity contribution in [3.8, 4) is 5.75 Å². The first-order chi connectivity index (χ1) is 11.5. The molecule has 6 nitrogen and oxygen atoms in total. The van der Waals surface area contributed by atoms with Crippen molar-refractivity contribution in [2.75, 3.05) is 32.8 Å². The molecular formula is C18H26N2O4. The third-order valence-corrected chi connectivity index (χ3v) is 5.08. The van der Waals surface area contributed by atoms with Crippen LogP contribution in [0.4, 0.5) is 0 Å². The van der Waals surface area contributed by atoms with Gasteiger partial charge in [-0.25, -0.2) is 4.79 Å². The van der Waals surface area contributed by atoms with Gasteiger partial charge < -0.3 is 19.5 Å². The van der Waals surface area contributed by atoms with Crippen molar-refractivity contribution in [3.63, 3.8) is 0 Å². The minimum Gasteiger partial charge on any atom is -0.478 e. The van der Waals surface area contributed by atoms with E-state index in [0.717, 1.165) is 50.7 Å². The van der Waals surface area contributed by atoms with Crippen LogP contribution in [0, 0.1) is 19.8 Å². The quantitative estimate of drug-likeness (QED) is 0.888. The second-order valence-electron chi connectivity index (χ2n) is 6.97. The lowest BCUT2D eigenvalue weighted by molar-refractivity contribution is -0.160. The predicted molar refractivity (Wildman–Crippen MR) is 89.3 cm³/mol. The van der Waals surface area contributed by atoms with E-state index in [1.54, 1.807) is 0 Å². The number of carboxylic acid groups (broad SMARTS) is 1. The number of carbonyl (C=O) groups is 1. The van der Waals surface area contributed by atoms with Crippen LogP contribution in [0.25, 0.3) is 0 Å². The summed E-state index contributed by atoms with van der Waals surface area (Å²) in [5.74, 6) is 0.263. The van der Waals surface area contributed by atoms with Crippen LogP contribution in [0.5, 0.6) is 5.75 Å². The Bertz CT molecular complexity index is 591. The van der Waals surface area contributed by atoms with E-state index < -0.39 is 11.6 Å². The van der Waals surface area contributed by atoms with Gasteiger partial charge in [0.1, 0.15) is 5.75 Å². The normalized spacial score (nSPS) is 24.0. The molecule has 24 heavy (non-hydrogen) atoms. The molecule has 2 saturated heterocycles. The van der Waals surface area contributed by atoms with Crippen molar-refractivity contribution in [1.82, 2.24) is 9.88 Å². The molecule has 0 bridgehead atoms. The van der Waals surface area contributed by atoms with Gasteiger partial charge in [0.25, 0.3) is 0 Å². The number of aromatic nitrogens is 1. The van der Waals surface area contributed by atoms with Crippen LogP contribution < -0.4 is 4.74 Å². The fraction of sp³-hybridized carbons (Fsp3) is 0.667. The van der Waals surface area contributed by atoms with E-state index in [2.05, 4.69) is 9.88 Å². The Kier molecular flexibility index (Phi) is 5.06. The number of hydrogen-bond acceptors (Lipinski definition) is 5. The van der Waals surface area contributed by atoms with Gasteiger partial charge in [0.2, 0.25) is 5.60 Å². The Morgan fingerprint density at radius 1 is 1.42 bits per heavy atom. The van der Waals surface area contributed by atoms with Crippen LogP contribution in [0.1, 0.15) is 30.7 Å². The number of likely N-dealkylation sites (tertiary alicyclic amines) is 1. The molecule has 1 atom stereocenters. The van der Waals surface area contributed by atoms with Crippen LogP contribution in [0.2, 0.25) is 0 Å². The van der Waals surface area contributed by atoms with E-state index in [1.807, 2.05) is 26.0 Å². The Labute approximate surface area is 142 Å². The monoisotopic (exact) mass is 334 g/mol. The molecule has 0 unspecified atom stereocenters. The molecule has 1 aromatic rings. The zero-order chi connectivity index (χ0) is 17.2. The van der Waals surface area contributed by atoms with E-state index in [0.29, 0.717) is 24.5 Å². The van der Waals surface area contributed by atoms with E-state index in [1.165, 1.54) is 0 Å². The van der Waals surface area contributed by atoms with Crippen LogP contribution in [-0.4, -0.2) is 59.4 Å². The third-order valence-electron chi connectivity index (χ3n) is 5.08. The highest BCUT2D eigenvalue weighted by molar-refractivity contribution is 5.78. The molecule has 0 aliphatic carbocycles. The highest BCUT2D eigenvalue weighted by Crippen LogP contribution is 2.31. The highest BCUT2D eigenvalue weighted by Gasteiger charge is 2.44. The number of rotatable bonds is 5. The molecule has 0 radical (unpaired) electrons. The molecule has 6 heteroatoms. The van der Waals surface area contributed by atoms with Gasteiger partial charge in [-0.2, -0.15) is 0 Å². The van der Waals surface area contributed by atoms with Crippen molar-refractivity contribution >= 4 is 5.97 Å². The summed E-state index contributed by atoms with van der Waals surface area (Å²) < 4.78 is 11.4. The average Bonchev–Trinajstić information content (AvgIpc) is 3.05. The Hall–Kier alpha value is -1.66. The molecular weight excluding hydrogens is 308 g/mol. The molecule has 0 aromatic carbocycles. The first-order valence-electron chi connectivity index (χ1n) is 8.65. The Morgan fingerprint density at radius 3 is 2.75 bits per heavy atom. The zero-order valence-corrected chi connectivity index (χ0v) is 14.5. The Morgan fingerprint density at radius 2 is 2.17 bits per heavy atom. The average molecular weight is 334 g/mol. The summed E-state index contributed by atoms with van der Waals surface area (Å²) in [6.45, 7) is 7.90. The van der Waals surface area contributed by atoms with E-state index in [9.17, 15) is 9.90 Å². The highest BCUT2D eigenvalue weighted by atomic mass is 16.5. The van der Waals surface area contributed by atoms with E-state index >= 15 is 0 Å². The van der Waals surface area contributed by atoms with E-state index in [-0.39, 0.29) is 0 Å². The van der Waals surface area contributed by atoms with Crippen LogP contribution in [0.3, 0.4) is 0 Å². The number of aliphatic carboxylic acids is 1. The van der Waals surface area contributed by atoms with Crippen molar-refractivity contribution in [2.24, 2.45) is 5.92 Å². The molecule has 0 spiro atoms. The largest absolute Gasteiger partial charge is 0.478 e. The van der Waals surface area contributed by atoms with Crippen molar-refractivity contribution in [2.45, 2.75) is 38.7 Å². The summed E-state index contributed by atoms with van der Waals surface area (Å²) in [7, 11) is 0. The second kappa shape index (κ2) is 7.07. The molecule has 1 N–H and O–H groups in total. The lowest BCUT2D eigenvalue weighted by Crippen LogP contribution is -2.54. The standard InChI is InChI=1S/C18H26N2O4/c1-13-3-4-16(14(2)19-13)24-18(17(21)22)6-8-20(9-7-18)11-15-5-10-23-12-15/h3-4,15H,5-12H2,1-2H3,(H,21,22)/t15-/m0/s1. The topological polar surface area (TPSA) is 71.9 Å². The van der Waals surface area contributed by atoms with Gasteiger partial charge in [0.15, 0.2) is 0 Å². The molecule has 2 fully saturated rings. The fourth-order valence-corrected chi connectivity index (χ4v) is 3.54. The summed E-state index contributed by atoms with van der Waals surface area (Å²) in [6, 6.07) is 3.68. The molecule has 132 valence electrons. The predicted octanol–water partition coefficient (Wildman–Crippen LogP) is 2.03. The minimum atomic E-state index is -1.15.